The number of thiophene rings is 1. The predicted octanol–water partition coefficient (Wildman–Crippen LogP) is 2.82. The van der Waals surface area contributed by atoms with Crippen molar-refractivity contribution in [2.45, 2.75) is 6.42 Å². The lowest BCUT2D eigenvalue weighted by Gasteiger charge is -2.15. The van der Waals surface area contributed by atoms with Crippen molar-refractivity contribution in [1.82, 2.24) is 4.90 Å². The first kappa shape index (κ1) is 13.7. The molecule has 0 unspecified atom stereocenters. The molecule has 0 bridgehead atoms. The number of hydrogen-bond donors (Lipinski definition) is 1. The molecule has 16 heavy (non-hydrogen) atoms. The summed E-state index contributed by atoms with van der Waals surface area (Å²) in [5.41, 5.74) is 0.546. The van der Waals surface area contributed by atoms with Crippen molar-refractivity contribution in [2.75, 3.05) is 13.6 Å². The molecule has 1 N–H and O–H groups in total. The van der Waals surface area contributed by atoms with Crippen LogP contribution in [0.2, 0.25) is 0 Å². The zero-order valence-corrected chi connectivity index (χ0v) is 12.4. The normalized spacial score (nSPS) is 10.2. The summed E-state index contributed by atoms with van der Waals surface area (Å²) in [5.74, 6) is -1.10. The van der Waals surface area contributed by atoms with E-state index < -0.39 is 5.97 Å². The summed E-state index contributed by atoms with van der Waals surface area (Å²) in [6, 6.07) is 1.72. The lowest BCUT2D eigenvalue weighted by Crippen LogP contribution is -2.28. The molecule has 1 amide bonds. The second-order valence-electron chi connectivity index (χ2n) is 3.11. The molecule has 1 rings (SSSR count). The Morgan fingerprint density at radius 3 is 2.56 bits per heavy atom. The van der Waals surface area contributed by atoms with Crippen LogP contribution in [0.1, 0.15) is 16.8 Å². The Hall–Kier alpha value is -0.400. The standard InChI is InChI=1S/C9H9Br2NO3S/c1-12(3-2-7(13)14)9(15)5-4-6(10)16-8(5)11/h4H,2-3H2,1H3,(H,13,14). The van der Waals surface area contributed by atoms with Crippen LogP contribution in [0.15, 0.2) is 13.6 Å². The second kappa shape index (κ2) is 5.79. The minimum atomic E-state index is -0.912. The second-order valence-corrected chi connectivity index (χ2v) is 6.86. The van der Waals surface area contributed by atoms with Crippen LogP contribution in [-0.4, -0.2) is 35.5 Å². The highest BCUT2D eigenvalue weighted by Gasteiger charge is 2.17. The van der Waals surface area contributed by atoms with Crippen molar-refractivity contribution in [1.29, 1.82) is 0 Å². The maximum atomic E-state index is 11.9. The molecular formula is C9H9Br2NO3S. The summed E-state index contributed by atoms with van der Waals surface area (Å²) < 4.78 is 1.60. The van der Waals surface area contributed by atoms with Gasteiger partial charge in [-0.05, 0) is 37.9 Å². The first-order valence-corrected chi connectivity index (χ1v) is 6.74. The fourth-order valence-electron chi connectivity index (χ4n) is 1.06. The Kier molecular flexibility index (Phi) is 4.94. The third-order valence-electron chi connectivity index (χ3n) is 1.89. The molecule has 0 aliphatic carbocycles. The topological polar surface area (TPSA) is 57.6 Å². The van der Waals surface area contributed by atoms with E-state index in [9.17, 15) is 9.59 Å². The van der Waals surface area contributed by atoms with Crippen LogP contribution in [-0.2, 0) is 4.79 Å². The van der Waals surface area contributed by atoms with Gasteiger partial charge in [0, 0.05) is 13.6 Å². The van der Waals surface area contributed by atoms with Gasteiger partial charge >= 0.3 is 5.97 Å². The highest BCUT2D eigenvalue weighted by molar-refractivity contribution is 9.12. The van der Waals surface area contributed by atoms with Crippen molar-refractivity contribution in [2.24, 2.45) is 0 Å². The Labute approximate surface area is 114 Å². The first-order chi connectivity index (χ1) is 7.41. The predicted molar refractivity (Wildman–Crippen MR) is 68.9 cm³/mol. The molecule has 1 heterocycles. The number of carbonyl (C=O) groups is 2. The highest BCUT2D eigenvalue weighted by atomic mass is 79.9. The van der Waals surface area contributed by atoms with Gasteiger partial charge in [-0.2, -0.15) is 0 Å². The molecule has 0 fully saturated rings. The summed E-state index contributed by atoms with van der Waals surface area (Å²) in [4.78, 5) is 23.7. The van der Waals surface area contributed by atoms with Gasteiger partial charge in [0.2, 0.25) is 0 Å². The molecule has 0 aliphatic rings. The van der Waals surface area contributed by atoms with E-state index in [-0.39, 0.29) is 18.9 Å². The molecule has 0 spiro atoms. The SMILES string of the molecule is CN(CCC(=O)O)C(=O)c1cc(Br)sc1Br. The number of amides is 1. The lowest BCUT2D eigenvalue weighted by atomic mass is 10.3. The number of carboxylic acid groups (broad SMARTS) is 1. The van der Waals surface area contributed by atoms with E-state index >= 15 is 0 Å². The van der Waals surface area contributed by atoms with Gasteiger partial charge in [-0.15, -0.1) is 11.3 Å². The van der Waals surface area contributed by atoms with Gasteiger partial charge in [-0.1, -0.05) is 0 Å². The number of nitrogens with zero attached hydrogens (tertiary/aromatic N) is 1. The molecule has 0 aliphatic heterocycles. The number of hydrogen-bond acceptors (Lipinski definition) is 3. The van der Waals surface area contributed by atoms with E-state index in [1.54, 1.807) is 13.1 Å². The minimum Gasteiger partial charge on any atom is -0.481 e. The van der Waals surface area contributed by atoms with Crippen molar-refractivity contribution in [3.63, 3.8) is 0 Å². The van der Waals surface area contributed by atoms with Crippen LogP contribution in [0.3, 0.4) is 0 Å². The van der Waals surface area contributed by atoms with Gasteiger partial charge in [0.1, 0.15) is 0 Å². The maximum absolute atomic E-state index is 11.9. The fraction of sp³-hybridized carbons (Fsp3) is 0.333. The van der Waals surface area contributed by atoms with E-state index in [0.717, 1.165) is 7.57 Å². The maximum Gasteiger partial charge on any atom is 0.305 e. The van der Waals surface area contributed by atoms with Gasteiger partial charge in [-0.25, -0.2) is 0 Å². The number of aliphatic carboxylic acids is 1. The zero-order chi connectivity index (χ0) is 12.3. The number of halogens is 2. The van der Waals surface area contributed by atoms with Gasteiger partial charge in [0.15, 0.2) is 0 Å². The Balaban J connectivity index is 2.70. The van der Waals surface area contributed by atoms with E-state index in [1.165, 1.54) is 16.2 Å². The van der Waals surface area contributed by atoms with Gasteiger partial charge < -0.3 is 10.0 Å². The third kappa shape index (κ3) is 3.57. The van der Waals surface area contributed by atoms with Crippen molar-refractivity contribution in [3.05, 3.63) is 19.2 Å². The van der Waals surface area contributed by atoms with Gasteiger partial charge in [0.05, 0.1) is 19.6 Å². The van der Waals surface area contributed by atoms with E-state index in [1.807, 2.05) is 0 Å². The van der Waals surface area contributed by atoms with E-state index in [4.69, 9.17) is 5.11 Å². The number of carboxylic acids is 1. The summed E-state index contributed by atoms with van der Waals surface area (Å²) in [6.45, 7) is 0.202. The molecule has 0 atom stereocenters. The number of rotatable bonds is 4. The number of carbonyl (C=O) groups excluding carboxylic acids is 1. The lowest BCUT2D eigenvalue weighted by molar-refractivity contribution is -0.137. The van der Waals surface area contributed by atoms with Crippen LogP contribution in [0, 0.1) is 0 Å². The first-order valence-electron chi connectivity index (χ1n) is 4.34. The molecule has 0 saturated carbocycles. The van der Waals surface area contributed by atoms with Crippen LogP contribution >= 0.6 is 43.2 Å². The molecule has 4 nitrogen and oxygen atoms in total. The van der Waals surface area contributed by atoms with Gasteiger partial charge in [0.25, 0.3) is 5.91 Å². The molecular weight excluding hydrogens is 362 g/mol. The Morgan fingerprint density at radius 1 is 1.50 bits per heavy atom. The monoisotopic (exact) mass is 369 g/mol. The summed E-state index contributed by atoms with van der Waals surface area (Å²) in [7, 11) is 1.59. The fourth-order valence-corrected chi connectivity index (χ4v) is 3.83. The average molecular weight is 371 g/mol. The van der Waals surface area contributed by atoms with Crippen LogP contribution in [0.4, 0.5) is 0 Å². The smallest absolute Gasteiger partial charge is 0.305 e. The molecule has 0 radical (unpaired) electrons. The van der Waals surface area contributed by atoms with Crippen molar-refractivity contribution >= 4 is 55.1 Å². The van der Waals surface area contributed by atoms with Gasteiger partial charge in [-0.3, -0.25) is 9.59 Å². The quantitative estimate of drug-likeness (QED) is 0.886. The zero-order valence-electron chi connectivity index (χ0n) is 8.37. The third-order valence-corrected chi connectivity index (χ3v) is 4.23. The van der Waals surface area contributed by atoms with Crippen LogP contribution in [0.5, 0.6) is 0 Å². The summed E-state index contributed by atoms with van der Waals surface area (Å²) in [6.07, 6.45) is -0.0504. The average Bonchev–Trinajstić information content (AvgIpc) is 2.53. The van der Waals surface area contributed by atoms with Crippen LogP contribution < -0.4 is 0 Å². The molecule has 0 aromatic carbocycles. The minimum absolute atomic E-state index is 0.0504. The molecule has 7 heteroatoms. The largest absolute Gasteiger partial charge is 0.481 e. The highest BCUT2D eigenvalue weighted by Crippen LogP contribution is 2.32. The molecule has 0 saturated heterocycles. The molecule has 1 aromatic heterocycles. The van der Waals surface area contributed by atoms with E-state index in [0.29, 0.717) is 5.56 Å². The summed E-state index contributed by atoms with van der Waals surface area (Å²) >= 11 is 7.99. The molecule has 1 aromatic rings. The Morgan fingerprint density at radius 2 is 2.12 bits per heavy atom. The van der Waals surface area contributed by atoms with Crippen molar-refractivity contribution in [3.8, 4) is 0 Å². The Bertz CT molecular complexity index is 419. The van der Waals surface area contributed by atoms with Crippen LogP contribution in [0.25, 0.3) is 0 Å². The molecule has 88 valence electrons. The summed E-state index contributed by atoms with van der Waals surface area (Å²) in [5, 5.41) is 8.52. The van der Waals surface area contributed by atoms with E-state index in [2.05, 4.69) is 31.9 Å². The van der Waals surface area contributed by atoms with Crippen molar-refractivity contribution < 1.29 is 14.7 Å².